The molecule has 4 nitrogen and oxygen atoms in total. The van der Waals surface area contributed by atoms with Crippen LogP contribution in [0.4, 0.5) is 0 Å². The van der Waals surface area contributed by atoms with Gasteiger partial charge in [-0.05, 0) is 25.2 Å². The molecule has 0 aromatic rings. The molecule has 0 aromatic heterocycles. The van der Waals surface area contributed by atoms with E-state index >= 15 is 0 Å². The fraction of sp³-hybridized carbons (Fsp3) is 0.917. The number of esters is 1. The Balaban J connectivity index is 1.92. The molecule has 0 spiro atoms. The molecule has 0 bridgehead atoms. The van der Waals surface area contributed by atoms with Crippen LogP contribution in [0.25, 0.3) is 0 Å². The average molecular weight is 226 g/mol. The molecule has 2 N–H and O–H groups in total. The molecule has 1 saturated heterocycles. The summed E-state index contributed by atoms with van der Waals surface area (Å²) >= 11 is 0. The van der Waals surface area contributed by atoms with Gasteiger partial charge in [0.25, 0.3) is 0 Å². The summed E-state index contributed by atoms with van der Waals surface area (Å²) in [5, 5.41) is 0. The number of nitrogens with zero attached hydrogens (tertiary/aromatic N) is 1. The Morgan fingerprint density at radius 2 is 2.12 bits per heavy atom. The van der Waals surface area contributed by atoms with E-state index in [2.05, 4.69) is 4.90 Å². The van der Waals surface area contributed by atoms with Crippen molar-refractivity contribution in [3.05, 3.63) is 0 Å². The zero-order valence-electron chi connectivity index (χ0n) is 10.0. The van der Waals surface area contributed by atoms with E-state index in [0.717, 1.165) is 25.4 Å². The third-order valence-corrected chi connectivity index (χ3v) is 3.88. The number of carbonyl (C=O) groups excluding carboxylic acids is 1. The van der Waals surface area contributed by atoms with E-state index in [1.807, 2.05) is 0 Å². The average Bonchev–Trinajstić information content (AvgIpc) is 2.88. The number of hydrogen-bond acceptors (Lipinski definition) is 4. The van der Waals surface area contributed by atoms with Crippen molar-refractivity contribution >= 4 is 5.97 Å². The third kappa shape index (κ3) is 2.55. The molecule has 1 heterocycles. The number of methoxy groups -OCH3 is 1. The fourth-order valence-electron chi connectivity index (χ4n) is 3.05. The van der Waals surface area contributed by atoms with Crippen molar-refractivity contribution in [1.29, 1.82) is 0 Å². The Hall–Kier alpha value is -0.610. The molecule has 0 amide bonds. The van der Waals surface area contributed by atoms with E-state index in [4.69, 9.17) is 10.5 Å². The number of nitrogens with two attached hydrogens (primary N) is 1. The predicted octanol–water partition coefficient (Wildman–Crippen LogP) is 0.751. The zero-order valence-corrected chi connectivity index (χ0v) is 10.0. The molecule has 2 atom stereocenters. The summed E-state index contributed by atoms with van der Waals surface area (Å²) in [6.07, 6.45) is 6.04. The standard InChI is InChI=1S/C12H22N2O2/c1-16-12(15)11-6-10(13)8-14(11)7-9-4-2-3-5-9/h9-11H,2-8,13H2,1H3/t10-,11?/m0/s1. The zero-order chi connectivity index (χ0) is 11.5. The highest BCUT2D eigenvalue weighted by Gasteiger charge is 2.37. The second-order valence-electron chi connectivity index (χ2n) is 5.14. The van der Waals surface area contributed by atoms with E-state index in [1.54, 1.807) is 0 Å². The Morgan fingerprint density at radius 3 is 2.75 bits per heavy atom. The van der Waals surface area contributed by atoms with E-state index in [-0.39, 0.29) is 18.1 Å². The Labute approximate surface area is 97.1 Å². The topological polar surface area (TPSA) is 55.6 Å². The SMILES string of the molecule is COC(=O)C1C[C@H](N)CN1CC1CCCC1. The highest BCUT2D eigenvalue weighted by Crippen LogP contribution is 2.28. The van der Waals surface area contributed by atoms with Crippen molar-refractivity contribution in [3.63, 3.8) is 0 Å². The van der Waals surface area contributed by atoms with Gasteiger partial charge in [0.2, 0.25) is 0 Å². The summed E-state index contributed by atoms with van der Waals surface area (Å²) in [6.45, 7) is 1.86. The molecule has 2 rings (SSSR count). The van der Waals surface area contributed by atoms with Gasteiger partial charge >= 0.3 is 5.97 Å². The summed E-state index contributed by atoms with van der Waals surface area (Å²) in [5.41, 5.74) is 5.93. The van der Waals surface area contributed by atoms with Gasteiger partial charge in [0.1, 0.15) is 6.04 Å². The Bertz CT molecular complexity index is 251. The first kappa shape index (κ1) is 11.9. The number of rotatable bonds is 3. The highest BCUT2D eigenvalue weighted by molar-refractivity contribution is 5.76. The van der Waals surface area contributed by atoms with Crippen molar-refractivity contribution in [2.75, 3.05) is 20.2 Å². The van der Waals surface area contributed by atoms with E-state index in [0.29, 0.717) is 0 Å². The Morgan fingerprint density at radius 1 is 1.44 bits per heavy atom. The van der Waals surface area contributed by atoms with Gasteiger partial charge in [0.05, 0.1) is 7.11 Å². The minimum Gasteiger partial charge on any atom is -0.468 e. The summed E-state index contributed by atoms with van der Waals surface area (Å²) in [7, 11) is 1.46. The summed E-state index contributed by atoms with van der Waals surface area (Å²) in [6, 6.07) is 0.0334. The molecule has 1 saturated carbocycles. The summed E-state index contributed by atoms with van der Waals surface area (Å²) in [4.78, 5) is 13.9. The first-order valence-electron chi connectivity index (χ1n) is 6.28. The second kappa shape index (κ2) is 5.15. The van der Waals surface area contributed by atoms with Crippen LogP contribution in [0.3, 0.4) is 0 Å². The molecular weight excluding hydrogens is 204 g/mol. The van der Waals surface area contributed by atoms with Crippen LogP contribution in [-0.2, 0) is 9.53 Å². The first-order chi connectivity index (χ1) is 7.70. The molecule has 1 aliphatic carbocycles. The van der Waals surface area contributed by atoms with E-state index in [1.165, 1.54) is 32.8 Å². The smallest absolute Gasteiger partial charge is 0.323 e. The molecule has 16 heavy (non-hydrogen) atoms. The van der Waals surface area contributed by atoms with Crippen LogP contribution < -0.4 is 5.73 Å². The van der Waals surface area contributed by atoms with E-state index < -0.39 is 0 Å². The van der Waals surface area contributed by atoms with Gasteiger partial charge in [-0.15, -0.1) is 0 Å². The van der Waals surface area contributed by atoms with Gasteiger partial charge in [-0.25, -0.2) is 0 Å². The molecule has 2 fully saturated rings. The van der Waals surface area contributed by atoms with Crippen molar-refractivity contribution in [3.8, 4) is 0 Å². The van der Waals surface area contributed by atoms with Gasteiger partial charge in [-0.3, -0.25) is 9.69 Å². The lowest BCUT2D eigenvalue weighted by Crippen LogP contribution is -2.39. The van der Waals surface area contributed by atoms with Crippen LogP contribution in [0.5, 0.6) is 0 Å². The molecule has 1 aliphatic heterocycles. The molecule has 92 valence electrons. The van der Waals surface area contributed by atoms with E-state index in [9.17, 15) is 4.79 Å². The van der Waals surface area contributed by atoms with Crippen molar-refractivity contribution in [1.82, 2.24) is 4.90 Å². The largest absolute Gasteiger partial charge is 0.468 e. The highest BCUT2D eigenvalue weighted by atomic mass is 16.5. The van der Waals surface area contributed by atoms with Gasteiger partial charge in [0.15, 0.2) is 0 Å². The van der Waals surface area contributed by atoms with Crippen molar-refractivity contribution < 1.29 is 9.53 Å². The lowest BCUT2D eigenvalue weighted by atomic mass is 10.1. The van der Waals surface area contributed by atoms with Crippen LogP contribution in [0, 0.1) is 5.92 Å². The molecule has 0 radical (unpaired) electrons. The minimum atomic E-state index is -0.119. The first-order valence-corrected chi connectivity index (χ1v) is 6.28. The van der Waals surface area contributed by atoms with Crippen LogP contribution in [0.1, 0.15) is 32.1 Å². The van der Waals surface area contributed by atoms with Gasteiger partial charge < -0.3 is 10.5 Å². The number of ether oxygens (including phenoxy) is 1. The maximum Gasteiger partial charge on any atom is 0.323 e. The lowest BCUT2D eigenvalue weighted by Gasteiger charge is -2.25. The fourth-order valence-corrected chi connectivity index (χ4v) is 3.05. The van der Waals surface area contributed by atoms with Crippen LogP contribution in [-0.4, -0.2) is 43.2 Å². The second-order valence-corrected chi connectivity index (χ2v) is 5.14. The summed E-state index contributed by atoms with van der Waals surface area (Å²) < 4.78 is 4.84. The predicted molar refractivity (Wildman–Crippen MR) is 61.9 cm³/mol. The monoisotopic (exact) mass is 226 g/mol. The maximum atomic E-state index is 11.6. The minimum absolute atomic E-state index is 0.0967. The van der Waals surface area contributed by atoms with Gasteiger partial charge in [-0.1, -0.05) is 12.8 Å². The molecule has 0 aromatic carbocycles. The number of likely N-dealkylation sites (tertiary alicyclic amines) is 1. The summed E-state index contributed by atoms with van der Waals surface area (Å²) in [5.74, 6) is 0.642. The maximum absolute atomic E-state index is 11.6. The van der Waals surface area contributed by atoms with Gasteiger partial charge in [0, 0.05) is 19.1 Å². The van der Waals surface area contributed by atoms with Gasteiger partial charge in [-0.2, -0.15) is 0 Å². The van der Waals surface area contributed by atoms with Crippen LogP contribution in [0.15, 0.2) is 0 Å². The number of carbonyl (C=O) groups is 1. The van der Waals surface area contributed by atoms with Crippen molar-refractivity contribution in [2.45, 2.75) is 44.2 Å². The normalized spacial score (nSPS) is 32.1. The molecule has 1 unspecified atom stereocenters. The van der Waals surface area contributed by atoms with Crippen molar-refractivity contribution in [2.24, 2.45) is 11.7 Å². The molecular formula is C12H22N2O2. The Kier molecular flexibility index (Phi) is 3.82. The number of hydrogen-bond donors (Lipinski definition) is 1. The third-order valence-electron chi connectivity index (χ3n) is 3.88. The van der Waals surface area contributed by atoms with Crippen LogP contribution in [0.2, 0.25) is 0 Å². The lowest BCUT2D eigenvalue weighted by molar-refractivity contribution is -0.146. The van der Waals surface area contributed by atoms with Crippen LogP contribution >= 0.6 is 0 Å². The molecule has 4 heteroatoms. The quantitative estimate of drug-likeness (QED) is 0.722. The molecule has 2 aliphatic rings.